The molecule has 0 bridgehead atoms. The van der Waals surface area contributed by atoms with Crippen molar-refractivity contribution in [3.63, 3.8) is 0 Å². The highest BCUT2D eigenvalue weighted by atomic mass is 35.5. The maximum Gasteiger partial charge on any atom is 0.237 e. The van der Waals surface area contributed by atoms with Crippen molar-refractivity contribution >= 4 is 35.0 Å². The summed E-state index contributed by atoms with van der Waals surface area (Å²) >= 11 is 7.49. The third-order valence-electron chi connectivity index (χ3n) is 5.91. The molecule has 0 saturated carbocycles. The van der Waals surface area contributed by atoms with Gasteiger partial charge in [0.25, 0.3) is 0 Å². The number of carbonyl (C=O) groups is 1. The maximum absolute atomic E-state index is 12.9. The Bertz CT molecular complexity index is 1110. The number of amides is 1. The van der Waals surface area contributed by atoms with Crippen molar-refractivity contribution in [2.75, 3.05) is 19.4 Å². The van der Waals surface area contributed by atoms with Crippen molar-refractivity contribution < 1.29 is 4.79 Å². The molecule has 3 aromatic rings. The van der Waals surface area contributed by atoms with Gasteiger partial charge < -0.3 is 5.32 Å². The highest BCUT2D eigenvalue weighted by Crippen LogP contribution is 2.31. The summed E-state index contributed by atoms with van der Waals surface area (Å²) in [6.07, 6.45) is 3.40. The lowest BCUT2D eigenvalue weighted by Crippen LogP contribution is -2.23. The summed E-state index contributed by atoms with van der Waals surface area (Å²) in [7, 11) is 4.01. The van der Waals surface area contributed by atoms with Crippen molar-refractivity contribution in [2.45, 2.75) is 49.6 Å². The zero-order valence-corrected chi connectivity index (χ0v) is 20.4. The van der Waals surface area contributed by atoms with Gasteiger partial charge in [-0.25, -0.2) is 0 Å². The van der Waals surface area contributed by atoms with Crippen LogP contribution in [0, 0.1) is 0 Å². The maximum atomic E-state index is 12.9. The van der Waals surface area contributed by atoms with Crippen LogP contribution in [0.4, 0.5) is 5.69 Å². The molecule has 1 amide bonds. The van der Waals surface area contributed by atoms with Crippen LogP contribution >= 0.6 is 23.4 Å². The van der Waals surface area contributed by atoms with E-state index in [0.717, 1.165) is 30.0 Å². The van der Waals surface area contributed by atoms with Crippen LogP contribution in [0.2, 0.25) is 5.02 Å². The molecule has 2 unspecified atom stereocenters. The van der Waals surface area contributed by atoms with Gasteiger partial charge >= 0.3 is 0 Å². The molecule has 4 rings (SSSR count). The normalized spacial score (nSPS) is 14.9. The molecule has 1 aliphatic rings. The lowest BCUT2D eigenvalue weighted by molar-refractivity contribution is -0.115. The Hall–Kier alpha value is -2.35. The minimum absolute atomic E-state index is 0.0445. The van der Waals surface area contributed by atoms with Gasteiger partial charge in [-0.1, -0.05) is 29.4 Å². The topological polar surface area (TPSA) is 63.1 Å². The van der Waals surface area contributed by atoms with E-state index in [1.165, 1.54) is 29.3 Å². The molecule has 2 atom stereocenters. The minimum Gasteiger partial charge on any atom is -0.325 e. The predicted molar refractivity (Wildman–Crippen MR) is 131 cm³/mol. The first-order valence-electron chi connectivity index (χ1n) is 10.8. The molecule has 1 N–H and O–H groups in total. The predicted octanol–water partition coefficient (Wildman–Crippen LogP) is 5.15. The molecule has 1 aromatic heterocycles. The van der Waals surface area contributed by atoms with Gasteiger partial charge in [0.1, 0.15) is 0 Å². The molecule has 168 valence electrons. The number of aromatic nitrogens is 3. The van der Waals surface area contributed by atoms with Crippen LogP contribution in [0.3, 0.4) is 0 Å². The highest BCUT2D eigenvalue weighted by Gasteiger charge is 2.24. The zero-order chi connectivity index (χ0) is 22.8. The fourth-order valence-corrected chi connectivity index (χ4v) is 4.80. The summed E-state index contributed by atoms with van der Waals surface area (Å²) in [6, 6.07) is 13.8. The van der Waals surface area contributed by atoms with Crippen LogP contribution in [0.1, 0.15) is 43.3 Å². The number of hydrogen-bond donors (Lipinski definition) is 1. The van der Waals surface area contributed by atoms with E-state index in [2.05, 4.69) is 39.5 Å². The first kappa shape index (κ1) is 22.8. The van der Waals surface area contributed by atoms with E-state index in [4.69, 9.17) is 11.6 Å². The molecule has 0 fully saturated rings. The molecular weight excluding hydrogens is 442 g/mol. The third-order valence-corrected chi connectivity index (χ3v) is 7.20. The molecular formula is C24H28ClN5OS. The van der Waals surface area contributed by atoms with Gasteiger partial charge in [-0.05, 0) is 94.7 Å². The van der Waals surface area contributed by atoms with E-state index in [-0.39, 0.29) is 17.2 Å². The van der Waals surface area contributed by atoms with Crippen molar-refractivity contribution in [3.8, 4) is 5.69 Å². The lowest BCUT2D eigenvalue weighted by Gasteiger charge is -2.21. The highest BCUT2D eigenvalue weighted by molar-refractivity contribution is 8.00. The molecule has 1 heterocycles. The average molecular weight is 470 g/mol. The quantitative estimate of drug-likeness (QED) is 0.485. The largest absolute Gasteiger partial charge is 0.325 e. The molecule has 6 nitrogen and oxygen atoms in total. The number of aryl methyl sites for hydroxylation is 2. The summed E-state index contributed by atoms with van der Waals surface area (Å²) in [5.41, 5.74) is 4.50. The van der Waals surface area contributed by atoms with Crippen LogP contribution in [0.25, 0.3) is 5.69 Å². The molecule has 0 aliphatic heterocycles. The van der Waals surface area contributed by atoms with Gasteiger partial charge in [0.15, 0.2) is 11.0 Å². The Morgan fingerprint density at radius 3 is 2.53 bits per heavy atom. The van der Waals surface area contributed by atoms with Crippen molar-refractivity contribution in [3.05, 3.63) is 64.4 Å². The van der Waals surface area contributed by atoms with Crippen molar-refractivity contribution in [1.82, 2.24) is 19.7 Å². The molecule has 32 heavy (non-hydrogen) atoms. The monoisotopic (exact) mass is 469 g/mol. The average Bonchev–Trinajstić information content (AvgIpc) is 3.40. The number of benzene rings is 2. The summed E-state index contributed by atoms with van der Waals surface area (Å²) in [6.45, 7) is 3.97. The van der Waals surface area contributed by atoms with Crippen molar-refractivity contribution in [1.29, 1.82) is 0 Å². The molecule has 2 aromatic carbocycles. The van der Waals surface area contributed by atoms with Crippen molar-refractivity contribution in [2.24, 2.45) is 0 Å². The van der Waals surface area contributed by atoms with Gasteiger partial charge in [-0.15, -0.1) is 10.2 Å². The fourth-order valence-electron chi connectivity index (χ4n) is 3.80. The smallest absolute Gasteiger partial charge is 0.237 e. The summed E-state index contributed by atoms with van der Waals surface area (Å²) in [5, 5.41) is 12.9. The zero-order valence-electron chi connectivity index (χ0n) is 18.8. The first-order chi connectivity index (χ1) is 15.3. The number of rotatable bonds is 7. The van der Waals surface area contributed by atoms with Crippen LogP contribution in [-0.2, 0) is 17.6 Å². The SMILES string of the molecule is CC(Sc1nnc(C(C)N(C)C)n1-c1ccc(Cl)cc1)C(=O)Nc1ccc2c(c1)CCC2. The number of halogens is 1. The van der Waals surface area contributed by atoms with Crippen LogP contribution in [0.5, 0.6) is 0 Å². The second-order valence-corrected chi connectivity index (χ2v) is 10.1. The number of fused-ring (bicyclic) bond motifs is 1. The molecule has 0 spiro atoms. The van der Waals surface area contributed by atoms with E-state index in [1.807, 2.05) is 55.9 Å². The molecule has 0 saturated heterocycles. The summed E-state index contributed by atoms with van der Waals surface area (Å²) < 4.78 is 2.00. The van der Waals surface area contributed by atoms with E-state index in [9.17, 15) is 4.79 Å². The fraction of sp³-hybridized carbons (Fsp3) is 0.375. The number of nitrogens with zero attached hydrogens (tertiary/aromatic N) is 4. The Morgan fingerprint density at radius 1 is 1.09 bits per heavy atom. The van der Waals surface area contributed by atoms with E-state index >= 15 is 0 Å². The number of carbonyl (C=O) groups excluding carboxylic acids is 1. The number of nitrogens with one attached hydrogen (secondary N) is 1. The number of thioether (sulfide) groups is 1. The Balaban J connectivity index is 1.56. The van der Waals surface area contributed by atoms with Crippen LogP contribution < -0.4 is 5.32 Å². The number of hydrogen-bond acceptors (Lipinski definition) is 5. The van der Waals surface area contributed by atoms with E-state index in [1.54, 1.807) is 0 Å². The van der Waals surface area contributed by atoms with Gasteiger partial charge in [0, 0.05) is 16.4 Å². The second-order valence-electron chi connectivity index (χ2n) is 8.38. The van der Waals surface area contributed by atoms with Gasteiger partial charge in [0.05, 0.1) is 11.3 Å². The van der Waals surface area contributed by atoms with Gasteiger partial charge in [-0.3, -0.25) is 14.3 Å². The number of anilines is 1. The van der Waals surface area contributed by atoms with Crippen LogP contribution in [0.15, 0.2) is 47.6 Å². The first-order valence-corrected chi connectivity index (χ1v) is 12.1. The third kappa shape index (κ3) is 4.85. The Labute approximate surface area is 198 Å². The summed E-state index contributed by atoms with van der Waals surface area (Å²) in [5.74, 6) is 0.756. The van der Waals surface area contributed by atoms with Gasteiger partial charge in [0.2, 0.25) is 5.91 Å². The standard InChI is InChI=1S/C24H28ClN5OS/c1-15(29(3)4)22-27-28-24(30(22)21-12-9-19(25)10-13-21)32-16(2)23(31)26-20-11-8-17-6-5-7-18(17)14-20/h8-16H,5-7H2,1-4H3,(H,26,31). The Kier molecular flexibility index (Phi) is 6.88. The lowest BCUT2D eigenvalue weighted by atomic mass is 10.1. The van der Waals surface area contributed by atoms with Crippen LogP contribution in [-0.4, -0.2) is 44.9 Å². The van der Waals surface area contributed by atoms with Gasteiger partial charge in [-0.2, -0.15) is 0 Å². The second kappa shape index (κ2) is 9.65. The van der Waals surface area contributed by atoms with E-state index in [0.29, 0.717) is 10.2 Å². The molecule has 8 heteroatoms. The molecule has 0 radical (unpaired) electrons. The minimum atomic E-state index is -0.346. The molecule has 1 aliphatic carbocycles. The summed E-state index contributed by atoms with van der Waals surface area (Å²) in [4.78, 5) is 15.0. The van der Waals surface area contributed by atoms with E-state index < -0.39 is 0 Å². The Morgan fingerprint density at radius 2 is 1.81 bits per heavy atom.